The van der Waals surface area contributed by atoms with Gasteiger partial charge in [0, 0.05) is 11.7 Å². The lowest BCUT2D eigenvalue weighted by molar-refractivity contribution is 0.0922. The molecule has 1 amide bonds. The highest BCUT2D eigenvalue weighted by atomic mass is 16.5. The molecule has 1 heterocycles. The van der Waals surface area contributed by atoms with Crippen molar-refractivity contribution >= 4 is 11.9 Å². The van der Waals surface area contributed by atoms with Gasteiger partial charge in [0.1, 0.15) is 23.8 Å². The van der Waals surface area contributed by atoms with Crippen LogP contribution in [0.4, 0.5) is 5.95 Å². The molecular weight excluding hydrogens is 356 g/mol. The standard InChI is InChI=1S/C21H28N4O3/c1-15-14-19(20(26)24-16-6-4-3-5-7-16)25-21(23-15)22-12-13-28-18-10-8-17(27-2)9-11-18/h8-11,14,16H,3-7,12-13H2,1-2H3,(H,24,26)(H,22,23,25). The van der Waals surface area contributed by atoms with E-state index in [0.717, 1.165) is 30.0 Å². The summed E-state index contributed by atoms with van der Waals surface area (Å²) in [5.74, 6) is 1.86. The van der Waals surface area contributed by atoms with E-state index in [4.69, 9.17) is 9.47 Å². The van der Waals surface area contributed by atoms with Gasteiger partial charge in [0.05, 0.1) is 13.7 Å². The van der Waals surface area contributed by atoms with Crippen LogP contribution in [0.5, 0.6) is 11.5 Å². The predicted octanol–water partition coefficient (Wildman–Crippen LogP) is 3.35. The van der Waals surface area contributed by atoms with Gasteiger partial charge >= 0.3 is 0 Å². The smallest absolute Gasteiger partial charge is 0.270 e. The Kier molecular flexibility index (Phi) is 7.06. The molecule has 0 aliphatic heterocycles. The summed E-state index contributed by atoms with van der Waals surface area (Å²) in [5.41, 5.74) is 1.15. The van der Waals surface area contributed by atoms with Crippen molar-refractivity contribution in [1.29, 1.82) is 0 Å². The van der Waals surface area contributed by atoms with E-state index in [0.29, 0.717) is 24.8 Å². The first-order valence-electron chi connectivity index (χ1n) is 9.81. The number of aromatic nitrogens is 2. The third kappa shape index (κ3) is 5.84. The van der Waals surface area contributed by atoms with Crippen LogP contribution in [-0.2, 0) is 0 Å². The molecule has 1 saturated carbocycles. The molecule has 0 spiro atoms. The van der Waals surface area contributed by atoms with Crippen molar-refractivity contribution in [2.45, 2.75) is 45.1 Å². The third-order valence-electron chi connectivity index (χ3n) is 4.74. The van der Waals surface area contributed by atoms with E-state index in [-0.39, 0.29) is 11.9 Å². The Hall–Kier alpha value is -2.83. The third-order valence-corrected chi connectivity index (χ3v) is 4.74. The van der Waals surface area contributed by atoms with Gasteiger partial charge in [-0.2, -0.15) is 0 Å². The fraction of sp³-hybridized carbons (Fsp3) is 0.476. The topological polar surface area (TPSA) is 85.4 Å². The fourth-order valence-electron chi connectivity index (χ4n) is 3.27. The van der Waals surface area contributed by atoms with Gasteiger partial charge in [-0.25, -0.2) is 9.97 Å². The number of benzene rings is 1. The number of amides is 1. The van der Waals surface area contributed by atoms with Crippen LogP contribution in [0.3, 0.4) is 0 Å². The number of carbonyl (C=O) groups is 1. The minimum atomic E-state index is -0.130. The van der Waals surface area contributed by atoms with Crippen LogP contribution in [0.2, 0.25) is 0 Å². The molecule has 7 heteroatoms. The molecule has 7 nitrogen and oxygen atoms in total. The first-order valence-corrected chi connectivity index (χ1v) is 9.81. The summed E-state index contributed by atoms with van der Waals surface area (Å²) in [4.78, 5) is 21.2. The molecule has 0 unspecified atom stereocenters. The number of nitrogens with zero attached hydrogens (tertiary/aromatic N) is 2. The zero-order chi connectivity index (χ0) is 19.8. The van der Waals surface area contributed by atoms with Gasteiger partial charge in [-0.05, 0) is 50.1 Å². The van der Waals surface area contributed by atoms with E-state index in [1.54, 1.807) is 13.2 Å². The Morgan fingerprint density at radius 1 is 1.11 bits per heavy atom. The van der Waals surface area contributed by atoms with Crippen molar-refractivity contribution in [3.05, 3.63) is 41.7 Å². The lowest BCUT2D eigenvalue weighted by atomic mass is 9.95. The van der Waals surface area contributed by atoms with E-state index >= 15 is 0 Å². The minimum Gasteiger partial charge on any atom is -0.497 e. The first kappa shape index (κ1) is 19.9. The number of aryl methyl sites for hydroxylation is 1. The Labute approximate surface area is 165 Å². The molecule has 0 atom stereocenters. The van der Waals surface area contributed by atoms with Crippen LogP contribution < -0.4 is 20.1 Å². The molecule has 2 aromatic rings. The van der Waals surface area contributed by atoms with E-state index in [2.05, 4.69) is 20.6 Å². The van der Waals surface area contributed by atoms with Gasteiger partial charge in [-0.15, -0.1) is 0 Å². The second-order valence-corrected chi connectivity index (χ2v) is 6.98. The molecular formula is C21H28N4O3. The van der Waals surface area contributed by atoms with Gasteiger partial charge in [-0.3, -0.25) is 4.79 Å². The summed E-state index contributed by atoms with van der Waals surface area (Å²) in [5, 5.41) is 6.22. The number of carbonyl (C=O) groups excluding carboxylic acids is 1. The predicted molar refractivity (Wildman–Crippen MR) is 108 cm³/mol. The van der Waals surface area contributed by atoms with E-state index in [1.165, 1.54) is 19.3 Å². The number of hydrogen-bond donors (Lipinski definition) is 2. The molecule has 150 valence electrons. The fourth-order valence-corrected chi connectivity index (χ4v) is 3.27. The molecule has 1 aromatic heterocycles. The second kappa shape index (κ2) is 9.92. The Morgan fingerprint density at radius 3 is 2.54 bits per heavy atom. The molecule has 2 N–H and O–H groups in total. The molecule has 3 rings (SSSR count). The summed E-state index contributed by atoms with van der Waals surface area (Å²) < 4.78 is 10.8. The number of nitrogens with one attached hydrogen (secondary N) is 2. The highest BCUT2D eigenvalue weighted by molar-refractivity contribution is 5.92. The molecule has 0 radical (unpaired) electrons. The van der Waals surface area contributed by atoms with Crippen molar-refractivity contribution in [3.8, 4) is 11.5 Å². The van der Waals surface area contributed by atoms with E-state index in [1.807, 2.05) is 31.2 Å². The summed E-state index contributed by atoms with van der Waals surface area (Å²) in [6, 6.07) is 9.39. The van der Waals surface area contributed by atoms with Crippen molar-refractivity contribution < 1.29 is 14.3 Å². The Morgan fingerprint density at radius 2 is 1.82 bits per heavy atom. The zero-order valence-electron chi connectivity index (χ0n) is 16.5. The number of rotatable bonds is 8. The zero-order valence-corrected chi connectivity index (χ0v) is 16.5. The lowest BCUT2D eigenvalue weighted by Crippen LogP contribution is -2.36. The van der Waals surface area contributed by atoms with Crippen molar-refractivity contribution in [2.75, 3.05) is 25.6 Å². The summed E-state index contributed by atoms with van der Waals surface area (Å²) in [6.45, 7) is 2.84. The maximum atomic E-state index is 12.5. The minimum absolute atomic E-state index is 0.130. The van der Waals surface area contributed by atoms with Crippen LogP contribution >= 0.6 is 0 Å². The van der Waals surface area contributed by atoms with Crippen LogP contribution in [0.25, 0.3) is 0 Å². The normalized spacial score (nSPS) is 14.4. The summed E-state index contributed by atoms with van der Waals surface area (Å²) in [6.07, 6.45) is 5.70. The van der Waals surface area contributed by atoms with E-state index in [9.17, 15) is 4.79 Å². The Bertz CT molecular complexity index is 774. The molecule has 0 saturated heterocycles. The van der Waals surface area contributed by atoms with Crippen molar-refractivity contribution in [1.82, 2.24) is 15.3 Å². The number of methoxy groups -OCH3 is 1. The summed E-state index contributed by atoms with van der Waals surface area (Å²) >= 11 is 0. The maximum absolute atomic E-state index is 12.5. The number of hydrogen-bond acceptors (Lipinski definition) is 6. The largest absolute Gasteiger partial charge is 0.497 e. The van der Waals surface area contributed by atoms with Crippen molar-refractivity contribution in [3.63, 3.8) is 0 Å². The molecule has 0 bridgehead atoms. The molecule has 1 aliphatic carbocycles. The second-order valence-electron chi connectivity index (χ2n) is 6.98. The Balaban J connectivity index is 1.50. The van der Waals surface area contributed by atoms with E-state index < -0.39 is 0 Å². The average molecular weight is 384 g/mol. The quantitative estimate of drug-likeness (QED) is 0.679. The van der Waals surface area contributed by atoms with Gasteiger partial charge in [0.25, 0.3) is 5.91 Å². The highest BCUT2D eigenvalue weighted by Gasteiger charge is 2.18. The molecule has 1 fully saturated rings. The van der Waals surface area contributed by atoms with Gasteiger partial charge < -0.3 is 20.1 Å². The summed E-state index contributed by atoms with van der Waals surface area (Å²) in [7, 11) is 1.63. The first-order chi connectivity index (χ1) is 13.6. The molecule has 1 aliphatic rings. The SMILES string of the molecule is COc1ccc(OCCNc2nc(C)cc(C(=O)NC3CCCCC3)n2)cc1. The van der Waals surface area contributed by atoms with Crippen LogP contribution in [-0.4, -0.2) is 42.2 Å². The van der Waals surface area contributed by atoms with Gasteiger partial charge in [0.2, 0.25) is 5.95 Å². The van der Waals surface area contributed by atoms with Crippen LogP contribution in [0.15, 0.2) is 30.3 Å². The molecule has 1 aromatic carbocycles. The van der Waals surface area contributed by atoms with Crippen LogP contribution in [0, 0.1) is 6.92 Å². The monoisotopic (exact) mass is 384 g/mol. The number of ether oxygens (including phenoxy) is 2. The van der Waals surface area contributed by atoms with Crippen molar-refractivity contribution in [2.24, 2.45) is 0 Å². The average Bonchev–Trinajstić information content (AvgIpc) is 2.72. The lowest BCUT2D eigenvalue weighted by Gasteiger charge is -2.22. The van der Waals surface area contributed by atoms with Gasteiger partial charge in [0.15, 0.2) is 0 Å². The highest BCUT2D eigenvalue weighted by Crippen LogP contribution is 2.18. The number of anilines is 1. The van der Waals surface area contributed by atoms with Crippen LogP contribution in [0.1, 0.15) is 48.3 Å². The van der Waals surface area contributed by atoms with Gasteiger partial charge in [-0.1, -0.05) is 19.3 Å². The molecule has 28 heavy (non-hydrogen) atoms. The maximum Gasteiger partial charge on any atom is 0.270 e.